The molecule has 0 aliphatic rings. The molecule has 5 nitrogen and oxygen atoms in total. The normalized spacial score (nSPS) is 12.3. The highest BCUT2D eigenvalue weighted by molar-refractivity contribution is 5.78. The maximum absolute atomic E-state index is 12.5. The van der Waals surface area contributed by atoms with Crippen LogP contribution in [-0.2, 0) is 22.2 Å². The quantitative estimate of drug-likeness (QED) is 0.737. The van der Waals surface area contributed by atoms with Crippen LogP contribution in [0.1, 0.15) is 11.1 Å². The predicted molar refractivity (Wildman–Crippen MR) is 91.2 cm³/mol. The molecule has 2 N–H and O–H groups in total. The van der Waals surface area contributed by atoms with E-state index in [0.717, 1.165) is 29.8 Å². The minimum absolute atomic E-state index is 0.0839. The second-order valence-electron chi connectivity index (χ2n) is 5.84. The highest BCUT2D eigenvalue weighted by Gasteiger charge is 2.30. The SMILES string of the molecule is O=C(COc1ccc(C(F)(F)F)cc1)NCC(Cc1ccccc1)C(=O)O. The van der Waals surface area contributed by atoms with E-state index in [9.17, 15) is 27.9 Å². The van der Waals surface area contributed by atoms with Gasteiger partial charge in [0, 0.05) is 6.54 Å². The average molecular weight is 381 g/mol. The van der Waals surface area contributed by atoms with Gasteiger partial charge in [0.05, 0.1) is 11.5 Å². The molecule has 144 valence electrons. The molecule has 0 aromatic heterocycles. The van der Waals surface area contributed by atoms with Crippen LogP contribution in [0.5, 0.6) is 5.75 Å². The van der Waals surface area contributed by atoms with Crippen molar-refractivity contribution in [1.82, 2.24) is 5.32 Å². The first kappa shape index (κ1) is 20.3. The number of benzene rings is 2. The summed E-state index contributed by atoms with van der Waals surface area (Å²) in [6.45, 7) is -0.511. The summed E-state index contributed by atoms with van der Waals surface area (Å²) in [6, 6.07) is 12.9. The van der Waals surface area contributed by atoms with Crippen LogP contribution in [0.15, 0.2) is 54.6 Å². The lowest BCUT2D eigenvalue weighted by atomic mass is 9.99. The lowest BCUT2D eigenvalue weighted by Gasteiger charge is -2.14. The smallest absolute Gasteiger partial charge is 0.416 e. The minimum atomic E-state index is -4.44. The highest BCUT2D eigenvalue weighted by atomic mass is 19.4. The summed E-state index contributed by atoms with van der Waals surface area (Å²) in [5.41, 5.74) is 0.0182. The Labute approximate surface area is 153 Å². The van der Waals surface area contributed by atoms with Crippen LogP contribution in [0.3, 0.4) is 0 Å². The number of alkyl halides is 3. The van der Waals surface area contributed by atoms with Gasteiger partial charge in [0.2, 0.25) is 0 Å². The second kappa shape index (κ2) is 9.07. The Bertz CT molecular complexity index is 761. The van der Waals surface area contributed by atoms with Crippen molar-refractivity contribution in [2.45, 2.75) is 12.6 Å². The average Bonchev–Trinajstić information content (AvgIpc) is 2.63. The number of rotatable bonds is 8. The van der Waals surface area contributed by atoms with Crippen LogP contribution in [0.4, 0.5) is 13.2 Å². The standard InChI is InChI=1S/C19H18F3NO4/c20-19(21,22)15-6-8-16(9-7-15)27-12-17(24)23-11-14(18(25)26)10-13-4-2-1-3-5-13/h1-9,14H,10-12H2,(H,23,24)(H,25,26). The van der Waals surface area contributed by atoms with Gasteiger partial charge in [-0.15, -0.1) is 0 Å². The fourth-order valence-electron chi connectivity index (χ4n) is 2.32. The predicted octanol–water partition coefficient (Wildman–Crippen LogP) is 3.14. The van der Waals surface area contributed by atoms with Gasteiger partial charge in [0.15, 0.2) is 6.61 Å². The number of ether oxygens (including phenoxy) is 1. The molecule has 1 unspecified atom stereocenters. The highest BCUT2D eigenvalue weighted by Crippen LogP contribution is 2.30. The largest absolute Gasteiger partial charge is 0.484 e. The van der Waals surface area contributed by atoms with Crippen molar-refractivity contribution in [2.24, 2.45) is 5.92 Å². The number of nitrogens with one attached hydrogen (secondary N) is 1. The van der Waals surface area contributed by atoms with Gasteiger partial charge >= 0.3 is 12.1 Å². The molecular weight excluding hydrogens is 363 g/mol. The van der Waals surface area contributed by atoms with Crippen LogP contribution in [-0.4, -0.2) is 30.1 Å². The first-order valence-corrected chi connectivity index (χ1v) is 8.09. The van der Waals surface area contributed by atoms with Crippen molar-refractivity contribution in [3.63, 3.8) is 0 Å². The molecule has 2 rings (SSSR count). The molecule has 0 aliphatic carbocycles. The molecular formula is C19H18F3NO4. The van der Waals surface area contributed by atoms with E-state index in [2.05, 4.69) is 5.32 Å². The Hall–Kier alpha value is -3.03. The van der Waals surface area contributed by atoms with Gasteiger partial charge in [-0.25, -0.2) is 0 Å². The summed E-state index contributed by atoms with van der Waals surface area (Å²) in [4.78, 5) is 23.1. The third-order valence-corrected chi connectivity index (χ3v) is 3.77. The number of hydrogen-bond donors (Lipinski definition) is 2. The molecule has 2 aromatic rings. The molecule has 0 radical (unpaired) electrons. The molecule has 1 atom stereocenters. The number of carbonyl (C=O) groups excluding carboxylic acids is 1. The summed E-state index contributed by atoms with van der Waals surface area (Å²) in [7, 11) is 0. The second-order valence-corrected chi connectivity index (χ2v) is 5.84. The number of carboxylic acid groups (broad SMARTS) is 1. The maximum Gasteiger partial charge on any atom is 0.416 e. The summed E-state index contributed by atoms with van der Waals surface area (Å²) in [6.07, 6.45) is -4.18. The van der Waals surface area contributed by atoms with Gasteiger partial charge < -0.3 is 15.2 Å². The van der Waals surface area contributed by atoms with E-state index < -0.39 is 36.1 Å². The number of aliphatic carboxylic acids is 1. The van der Waals surface area contributed by atoms with Gasteiger partial charge in [-0.1, -0.05) is 30.3 Å². The van der Waals surface area contributed by atoms with Crippen LogP contribution in [0.25, 0.3) is 0 Å². The van der Waals surface area contributed by atoms with E-state index in [4.69, 9.17) is 4.74 Å². The number of hydrogen-bond acceptors (Lipinski definition) is 3. The molecule has 0 spiro atoms. The van der Waals surface area contributed by atoms with Gasteiger partial charge in [-0.05, 0) is 36.2 Å². The monoisotopic (exact) mass is 381 g/mol. The Morgan fingerprint density at radius 2 is 1.67 bits per heavy atom. The molecule has 0 aliphatic heterocycles. The molecule has 0 fully saturated rings. The lowest BCUT2D eigenvalue weighted by molar-refractivity contribution is -0.142. The topological polar surface area (TPSA) is 75.6 Å². The van der Waals surface area contributed by atoms with E-state index in [-0.39, 0.29) is 18.7 Å². The Kier molecular flexibility index (Phi) is 6.81. The third-order valence-electron chi connectivity index (χ3n) is 3.77. The van der Waals surface area contributed by atoms with Crippen molar-refractivity contribution < 1.29 is 32.6 Å². The number of carboxylic acids is 1. The molecule has 0 bridgehead atoms. The zero-order valence-corrected chi connectivity index (χ0v) is 14.2. The first-order valence-electron chi connectivity index (χ1n) is 8.09. The van der Waals surface area contributed by atoms with Crippen molar-refractivity contribution in [1.29, 1.82) is 0 Å². The van der Waals surface area contributed by atoms with E-state index in [1.54, 1.807) is 24.3 Å². The van der Waals surface area contributed by atoms with Crippen LogP contribution >= 0.6 is 0 Å². The van der Waals surface area contributed by atoms with E-state index in [0.29, 0.717) is 0 Å². The van der Waals surface area contributed by atoms with Crippen molar-refractivity contribution in [3.8, 4) is 5.75 Å². The summed E-state index contributed by atoms with van der Waals surface area (Å²) < 4.78 is 42.6. The van der Waals surface area contributed by atoms with Gasteiger partial charge in [0.1, 0.15) is 5.75 Å². The van der Waals surface area contributed by atoms with Crippen LogP contribution in [0, 0.1) is 5.92 Å². The fourth-order valence-corrected chi connectivity index (χ4v) is 2.32. The lowest BCUT2D eigenvalue weighted by Crippen LogP contribution is -2.36. The van der Waals surface area contributed by atoms with E-state index in [1.807, 2.05) is 6.07 Å². The Morgan fingerprint density at radius 1 is 1.04 bits per heavy atom. The van der Waals surface area contributed by atoms with Gasteiger partial charge in [-0.3, -0.25) is 9.59 Å². The van der Waals surface area contributed by atoms with Crippen molar-refractivity contribution in [2.75, 3.05) is 13.2 Å². The summed E-state index contributed by atoms with van der Waals surface area (Å²) in [5.74, 6) is -2.29. The Morgan fingerprint density at radius 3 is 2.22 bits per heavy atom. The minimum Gasteiger partial charge on any atom is -0.484 e. The molecule has 0 heterocycles. The first-order chi connectivity index (χ1) is 12.8. The maximum atomic E-state index is 12.5. The summed E-state index contributed by atoms with van der Waals surface area (Å²) >= 11 is 0. The molecule has 1 amide bonds. The molecule has 8 heteroatoms. The molecule has 2 aromatic carbocycles. The summed E-state index contributed by atoms with van der Waals surface area (Å²) in [5, 5.41) is 11.7. The van der Waals surface area contributed by atoms with Gasteiger partial charge in [0.25, 0.3) is 5.91 Å². The fraction of sp³-hybridized carbons (Fsp3) is 0.263. The number of halogens is 3. The molecule has 0 saturated carbocycles. The molecule has 27 heavy (non-hydrogen) atoms. The van der Waals surface area contributed by atoms with Crippen LogP contribution < -0.4 is 10.1 Å². The third kappa shape index (κ3) is 6.65. The number of carbonyl (C=O) groups is 2. The van der Waals surface area contributed by atoms with Crippen molar-refractivity contribution in [3.05, 3.63) is 65.7 Å². The number of amides is 1. The zero-order chi connectivity index (χ0) is 19.9. The zero-order valence-electron chi connectivity index (χ0n) is 14.2. The van der Waals surface area contributed by atoms with Crippen molar-refractivity contribution >= 4 is 11.9 Å². The van der Waals surface area contributed by atoms with Crippen LogP contribution in [0.2, 0.25) is 0 Å². The van der Waals surface area contributed by atoms with Gasteiger partial charge in [-0.2, -0.15) is 13.2 Å². The van der Waals surface area contributed by atoms with E-state index >= 15 is 0 Å². The molecule has 0 saturated heterocycles. The Balaban J connectivity index is 1.81. The van der Waals surface area contributed by atoms with E-state index in [1.165, 1.54) is 0 Å².